The van der Waals surface area contributed by atoms with Crippen LogP contribution in [0.2, 0.25) is 0 Å². The van der Waals surface area contributed by atoms with E-state index in [0.717, 1.165) is 0 Å². The second-order valence-electron chi connectivity index (χ2n) is 2.28. The molecule has 13 heavy (non-hydrogen) atoms. The lowest BCUT2D eigenvalue weighted by Crippen LogP contribution is -2.32. The predicted molar refractivity (Wildman–Crippen MR) is 58.3 cm³/mol. The topological polar surface area (TPSA) is 55.6 Å². The largest absolute Gasteiger partial charge is 0.463 e. The highest BCUT2D eigenvalue weighted by Gasteiger charge is 2.21. The van der Waals surface area contributed by atoms with Crippen LogP contribution in [0.25, 0.3) is 0 Å². The van der Waals surface area contributed by atoms with Gasteiger partial charge in [0.15, 0.2) is 0 Å². The molecule has 0 bridgehead atoms. The Labute approximate surface area is 87.8 Å². The number of rotatable bonds is 6. The fourth-order valence-corrected chi connectivity index (χ4v) is 2.16. The minimum Gasteiger partial charge on any atom is -0.463 e. The van der Waals surface area contributed by atoms with Gasteiger partial charge in [-0.15, -0.1) is 0 Å². The zero-order valence-corrected chi connectivity index (χ0v) is 9.78. The summed E-state index contributed by atoms with van der Waals surface area (Å²) < 4.78 is 6.78. The standard InChI is InChI=1S/C7H16N2O2S2/c1-6(9(12-2)13-3)7(10)11-5-4-8/h6H,4-5,8H2,1-3H3. The molecule has 1 atom stereocenters. The number of carbonyl (C=O) groups is 1. The Hall–Kier alpha value is 0.0900. The Morgan fingerprint density at radius 2 is 2.08 bits per heavy atom. The lowest BCUT2D eigenvalue weighted by Gasteiger charge is -2.21. The first-order valence-electron chi connectivity index (χ1n) is 3.91. The number of hydrogen-bond donors (Lipinski definition) is 1. The van der Waals surface area contributed by atoms with Gasteiger partial charge in [0, 0.05) is 6.54 Å². The van der Waals surface area contributed by atoms with Crippen LogP contribution in [0.1, 0.15) is 6.92 Å². The highest BCUT2D eigenvalue weighted by Crippen LogP contribution is 2.20. The van der Waals surface area contributed by atoms with Gasteiger partial charge >= 0.3 is 5.97 Å². The second kappa shape index (κ2) is 7.49. The third kappa shape index (κ3) is 4.75. The quantitative estimate of drug-likeness (QED) is 0.530. The molecule has 0 spiro atoms. The van der Waals surface area contributed by atoms with E-state index in [2.05, 4.69) is 0 Å². The van der Waals surface area contributed by atoms with Crippen molar-refractivity contribution in [2.75, 3.05) is 25.7 Å². The first-order chi connectivity index (χ1) is 6.17. The zero-order chi connectivity index (χ0) is 10.3. The molecule has 0 aromatic rings. The van der Waals surface area contributed by atoms with Gasteiger partial charge in [-0.1, -0.05) is 23.9 Å². The van der Waals surface area contributed by atoms with E-state index in [-0.39, 0.29) is 12.0 Å². The number of nitrogens with zero attached hydrogens (tertiary/aromatic N) is 1. The molecule has 0 aliphatic heterocycles. The Morgan fingerprint density at radius 1 is 1.54 bits per heavy atom. The van der Waals surface area contributed by atoms with Gasteiger partial charge in [-0.3, -0.25) is 4.79 Å². The molecule has 0 amide bonds. The summed E-state index contributed by atoms with van der Waals surface area (Å²) in [6.07, 6.45) is 3.84. The van der Waals surface area contributed by atoms with E-state index in [1.807, 2.05) is 23.1 Å². The highest BCUT2D eigenvalue weighted by molar-refractivity contribution is 8.11. The van der Waals surface area contributed by atoms with Crippen molar-refractivity contribution in [1.82, 2.24) is 3.71 Å². The molecule has 4 nitrogen and oxygen atoms in total. The maximum absolute atomic E-state index is 11.3. The molecule has 0 aliphatic carbocycles. The molecule has 1 unspecified atom stereocenters. The average Bonchev–Trinajstić information content (AvgIpc) is 2.15. The van der Waals surface area contributed by atoms with Crippen LogP contribution < -0.4 is 5.73 Å². The molecule has 0 heterocycles. The molecule has 0 radical (unpaired) electrons. The van der Waals surface area contributed by atoms with Crippen molar-refractivity contribution in [2.24, 2.45) is 5.73 Å². The van der Waals surface area contributed by atoms with Crippen molar-refractivity contribution in [2.45, 2.75) is 13.0 Å². The molecule has 0 saturated heterocycles. The normalized spacial score (nSPS) is 13.0. The number of esters is 1. The first-order valence-corrected chi connectivity index (χ1v) is 6.27. The van der Waals surface area contributed by atoms with Crippen LogP contribution in [0.5, 0.6) is 0 Å². The molecule has 0 aliphatic rings. The third-order valence-corrected chi connectivity index (χ3v) is 3.63. The molecule has 6 heteroatoms. The lowest BCUT2D eigenvalue weighted by molar-refractivity contribution is -0.146. The Morgan fingerprint density at radius 3 is 2.46 bits per heavy atom. The summed E-state index contributed by atoms with van der Waals surface area (Å²) in [7, 11) is 0. The van der Waals surface area contributed by atoms with E-state index in [9.17, 15) is 4.79 Å². The lowest BCUT2D eigenvalue weighted by atomic mass is 10.4. The van der Waals surface area contributed by atoms with Crippen LogP contribution in [0.3, 0.4) is 0 Å². The van der Waals surface area contributed by atoms with E-state index in [1.165, 1.54) is 23.9 Å². The molecular weight excluding hydrogens is 208 g/mol. The van der Waals surface area contributed by atoms with Gasteiger partial charge in [0.05, 0.1) is 0 Å². The summed E-state index contributed by atoms with van der Waals surface area (Å²) in [6, 6.07) is -0.239. The summed E-state index contributed by atoms with van der Waals surface area (Å²) in [5.74, 6) is -0.228. The maximum Gasteiger partial charge on any atom is 0.325 e. The van der Waals surface area contributed by atoms with Crippen molar-refractivity contribution in [3.8, 4) is 0 Å². The smallest absolute Gasteiger partial charge is 0.325 e. The predicted octanol–water partition coefficient (Wildman–Crippen LogP) is 0.735. The minimum absolute atomic E-state index is 0.228. The Bertz CT molecular complexity index is 153. The Balaban J connectivity index is 3.91. The van der Waals surface area contributed by atoms with Crippen LogP contribution >= 0.6 is 23.9 Å². The van der Waals surface area contributed by atoms with Crippen LogP contribution in [0.15, 0.2) is 0 Å². The van der Waals surface area contributed by atoms with E-state index in [0.29, 0.717) is 13.2 Å². The van der Waals surface area contributed by atoms with Crippen molar-refractivity contribution in [3.05, 3.63) is 0 Å². The van der Waals surface area contributed by atoms with E-state index >= 15 is 0 Å². The number of carbonyl (C=O) groups excluding carboxylic acids is 1. The fraction of sp³-hybridized carbons (Fsp3) is 0.857. The third-order valence-electron chi connectivity index (χ3n) is 1.38. The summed E-state index contributed by atoms with van der Waals surface area (Å²) in [4.78, 5) is 11.3. The Kier molecular flexibility index (Phi) is 7.54. The van der Waals surface area contributed by atoms with Gasteiger partial charge < -0.3 is 10.5 Å². The second-order valence-corrected chi connectivity index (χ2v) is 4.03. The molecule has 0 rings (SSSR count). The van der Waals surface area contributed by atoms with Crippen molar-refractivity contribution in [3.63, 3.8) is 0 Å². The summed E-state index contributed by atoms with van der Waals surface area (Å²) >= 11 is 3.01. The van der Waals surface area contributed by atoms with Crippen molar-refractivity contribution < 1.29 is 9.53 Å². The maximum atomic E-state index is 11.3. The summed E-state index contributed by atoms with van der Waals surface area (Å²) in [5.41, 5.74) is 5.22. The van der Waals surface area contributed by atoms with Gasteiger partial charge in [0.1, 0.15) is 12.6 Å². The van der Waals surface area contributed by atoms with Crippen LogP contribution in [0.4, 0.5) is 0 Å². The average molecular weight is 224 g/mol. The first kappa shape index (κ1) is 13.1. The molecule has 78 valence electrons. The van der Waals surface area contributed by atoms with Gasteiger partial charge in [-0.25, -0.2) is 0 Å². The van der Waals surface area contributed by atoms with Gasteiger partial charge in [-0.05, 0) is 19.4 Å². The number of ether oxygens (including phenoxy) is 1. The summed E-state index contributed by atoms with van der Waals surface area (Å²) in [5, 5.41) is 0. The molecule has 0 fully saturated rings. The van der Waals surface area contributed by atoms with Crippen LogP contribution in [0, 0.1) is 0 Å². The molecule has 0 saturated carbocycles. The minimum atomic E-state index is -0.239. The van der Waals surface area contributed by atoms with E-state index in [4.69, 9.17) is 10.5 Å². The van der Waals surface area contributed by atoms with Gasteiger partial charge in [-0.2, -0.15) is 3.71 Å². The highest BCUT2D eigenvalue weighted by atomic mass is 32.2. The molecule has 2 N–H and O–H groups in total. The molecular formula is C7H16N2O2S2. The van der Waals surface area contributed by atoms with Crippen molar-refractivity contribution in [1.29, 1.82) is 0 Å². The van der Waals surface area contributed by atoms with Gasteiger partial charge in [0.2, 0.25) is 0 Å². The van der Waals surface area contributed by atoms with E-state index in [1.54, 1.807) is 0 Å². The van der Waals surface area contributed by atoms with E-state index < -0.39 is 0 Å². The molecule has 0 aromatic heterocycles. The summed E-state index contributed by atoms with van der Waals surface area (Å²) in [6.45, 7) is 2.47. The van der Waals surface area contributed by atoms with Crippen molar-refractivity contribution >= 4 is 29.9 Å². The number of nitrogens with two attached hydrogens (primary N) is 1. The monoisotopic (exact) mass is 224 g/mol. The SMILES string of the molecule is CSN(SC)C(C)C(=O)OCCN. The molecule has 0 aromatic carbocycles. The fourth-order valence-electron chi connectivity index (χ4n) is 0.757. The van der Waals surface area contributed by atoms with Gasteiger partial charge in [0.25, 0.3) is 0 Å². The van der Waals surface area contributed by atoms with Crippen LogP contribution in [-0.2, 0) is 9.53 Å². The number of hydrogen-bond acceptors (Lipinski definition) is 6. The zero-order valence-electron chi connectivity index (χ0n) is 8.15. The van der Waals surface area contributed by atoms with Crippen LogP contribution in [-0.4, -0.2) is 41.4 Å².